The molecular formula is C21H21F3N2O4S2. The number of esters is 1. The van der Waals surface area contributed by atoms with Crippen molar-refractivity contribution in [3.63, 3.8) is 0 Å². The number of benzene rings is 1. The highest BCUT2D eigenvalue weighted by molar-refractivity contribution is 8.01. The second kappa shape index (κ2) is 9.53. The summed E-state index contributed by atoms with van der Waals surface area (Å²) in [5, 5.41) is 4.69. The van der Waals surface area contributed by atoms with Gasteiger partial charge in [-0.2, -0.15) is 13.2 Å². The molecule has 2 aromatic rings. The number of nitrogens with one attached hydrogen (secondary N) is 2. The summed E-state index contributed by atoms with van der Waals surface area (Å²) in [5.74, 6) is -1.56. The lowest BCUT2D eigenvalue weighted by molar-refractivity contribution is -0.137. The van der Waals surface area contributed by atoms with Gasteiger partial charge in [0.25, 0.3) is 0 Å². The molecule has 1 atom stereocenters. The first-order chi connectivity index (χ1) is 15.0. The molecule has 0 bridgehead atoms. The Kier molecular flexibility index (Phi) is 7.19. The number of alkyl halides is 3. The SMILES string of the molecule is CCOC(=O)c1c(NC(=O)C[C@@H]2Sc3ccc(C(F)(F)F)cc3NC2=O)sc(C)c1CC. The zero-order valence-electron chi connectivity index (χ0n) is 17.5. The van der Waals surface area contributed by atoms with Crippen LogP contribution in [0.5, 0.6) is 0 Å². The molecule has 1 aliphatic rings. The lowest BCUT2D eigenvalue weighted by Crippen LogP contribution is -2.32. The molecule has 11 heteroatoms. The van der Waals surface area contributed by atoms with Crippen molar-refractivity contribution >= 4 is 51.6 Å². The van der Waals surface area contributed by atoms with Crippen molar-refractivity contribution in [3.8, 4) is 0 Å². The van der Waals surface area contributed by atoms with E-state index in [4.69, 9.17) is 4.74 Å². The summed E-state index contributed by atoms with van der Waals surface area (Å²) in [6.45, 7) is 5.63. The second-order valence-corrected chi connectivity index (χ2v) is 9.44. The Morgan fingerprint density at radius 3 is 2.59 bits per heavy atom. The van der Waals surface area contributed by atoms with Crippen molar-refractivity contribution in [2.45, 2.75) is 49.9 Å². The number of hydrogen-bond acceptors (Lipinski definition) is 6. The van der Waals surface area contributed by atoms with Gasteiger partial charge < -0.3 is 15.4 Å². The van der Waals surface area contributed by atoms with Crippen LogP contribution in [-0.4, -0.2) is 29.6 Å². The number of aryl methyl sites for hydroxylation is 1. The first-order valence-corrected chi connectivity index (χ1v) is 11.5. The van der Waals surface area contributed by atoms with Gasteiger partial charge >= 0.3 is 12.1 Å². The number of ether oxygens (including phenoxy) is 1. The van der Waals surface area contributed by atoms with Crippen LogP contribution >= 0.6 is 23.1 Å². The van der Waals surface area contributed by atoms with Gasteiger partial charge in [0.1, 0.15) is 5.00 Å². The first kappa shape index (κ1) is 24.1. The third-order valence-electron chi connectivity index (χ3n) is 4.79. The van der Waals surface area contributed by atoms with Gasteiger partial charge in [-0.3, -0.25) is 9.59 Å². The Balaban J connectivity index is 1.75. The minimum Gasteiger partial charge on any atom is -0.462 e. The summed E-state index contributed by atoms with van der Waals surface area (Å²) < 4.78 is 43.8. The van der Waals surface area contributed by atoms with E-state index in [1.807, 2.05) is 13.8 Å². The quantitative estimate of drug-likeness (QED) is 0.545. The fourth-order valence-corrected chi connectivity index (χ4v) is 5.56. The van der Waals surface area contributed by atoms with E-state index < -0.39 is 34.8 Å². The van der Waals surface area contributed by atoms with E-state index in [0.29, 0.717) is 21.9 Å². The molecule has 1 aromatic carbocycles. The van der Waals surface area contributed by atoms with Crippen molar-refractivity contribution in [2.24, 2.45) is 0 Å². The van der Waals surface area contributed by atoms with Crippen LogP contribution in [0, 0.1) is 6.92 Å². The van der Waals surface area contributed by atoms with E-state index in [2.05, 4.69) is 10.6 Å². The molecular weight excluding hydrogens is 465 g/mol. The van der Waals surface area contributed by atoms with E-state index >= 15 is 0 Å². The molecule has 1 aromatic heterocycles. The number of fused-ring (bicyclic) bond motifs is 1. The second-order valence-electron chi connectivity index (χ2n) is 6.97. The van der Waals surface area contributed by atoms with Crippen molar-refractivity contribution in [1.82, 2.24) is 0 Å². The highest BCUT2D eigenvalue weighted by atomic mass is 32.2. The predicted octanol–water partition coefficient (Wildman–Crippen LogP) is 5.26. The molecule has 6 nitrogen and oxygen atoms in total. The molecule has 32 heavy (non-hydrogen) atoms. The molecule has 2 N–H and O–H groups in total. The van der Waals surface area contributed by atoms with Crippen molar-refractivity contribution < 1.29 is 32.3 Å². The van der Waals surface area contributed by atoms with Gasteiger partial charge in [0.05, 0.1) is 28.7 Å². The number of thiophene rings is 1. The number of halogens is 3. The average Bonchev–Trinajstić information content (AvgIpc) is 3.02. The number of thioether (sulfide) groups is 1. The van der Waals surface area contributed by atoms with Crippen LogP contribution in [0.1, 0.15) is 46.6 Å². The molecule has 2 heterocycles. The Labute approximate surface area is 190 Å². The highest BCUT2D eigenvalue weighted by Gasteiger charge is 2.34. The zero-order valence-corrected chi connectivity index (χ0v) is 19.1. The fraction of sp³-hybridized carbons (Fsp3) is 0.381. The molecule has 172 valence electrons. The monoisotopic (exact) mass is 486 g/mol. The highest BCUT2D eigenvalue weighted by Crippen LogP contribution is 2.41. The third-order valence-corrected chi connectivity index (χ3v) is 7.13. The predicted molar refractivity (Wildman–Crippen MR) is 117 cm³/mol. The summed E-state index contributed by atoms with van der Waals surface area (Å²) in [4.78, 5) is 38.8. The lowest BCUT2D eigenvalue weighted by Gasteiger charge is -2.24. The summed E-state index contributed by atoms with van der Waals surface area (Å²) in [5.41, 5.74) is 0.316. The Bertz CT molecular complexity index is 1070. The minimum atomic E-state index is -4.52. The van der Waals surface area contributed by atoms with Gasteiger partial charge in [-0.05, 0) is 44.0 Å². The Morgan fingerprint density at radius 2 is 1.97 bits per heavy atom. The van der Waals surface area contributed by atoms with E-state index in [0.717, 1.165) is 34.3 Å². The van der Waals surface area contributed by atoms with Gasteiger partial charge in [-0.25, -0.2) is 4.79 Å². The number of carbonyl (C=O) groups excluding carboxylic acids is 3. The molecule has 1 aliphatic heterocycles. The van der Waals surface area contributed by atoms with Crippen molar-refractivity contribution in [1.29, 1.82) is 0 Å². The first-order valence-electron chi connectivity index (χ1n) is 9.83. The molecule has 3 rings (SSSR count). The summed E-state index contributed by atoms with van der Waals surface area (Å²) in [6.07, 6.45) is -4.14. The summed E-state index contributed by atoms with van der Waals surface area (Å²) in [6, 6.07) is 3.10. The number of rotatable bonds is 6. The topological polar surface area (TPSA) is 84.5 Å². The number of hydrogen-bond donors (Lipinski definition) is 2. The van der Waals surface area contributed by atoms with Crippen molar-refractivity contribution in [2.75, 3.05) is 17.2 Å². The molecule has 2 amide bonds. The van der Waals surface area contributed by atoms with Crippen LogP contribution in [0.4, 0.5) is 23.9 Å². The zero-order chi connectivity index (χ0) is 23.6. The standard InChI is InChI=1S/C21H21F3N2O4S2/c1-4-12-10(3)31-19(17(12)20(29)30-5-2)26-16(27)9-15-18(28)25-13-8-11(21(22,23)24)6-7-14(13)32-15/h6-8,15H,4-5,9H2,1-3H3,(H,25,28)(H,26,27)/t15-/m0/s1. The molecule has 0 saturated heterocycles. The molecule has 0 saturated carbocycles. The lowest BCUT2D eigenvalue weighted by atomic mass is 10.1. The maximum atomic E-state index is 12.9. The van der Waals surface area contributed by atoms with Crippen LogP contribution in [0.15, 0.2) is 23.1 Å². The van der Waals surface area contributed by atoms with E-state index in [-0.39, 0.29) is 18.7 Å². The Morgan fingerprint density at radius 1 is 1.25 bits per heavy atom. The molecule has 0 aliphatic carbocycles. The van der Waals surface area contributed by atoms with Gasteiger partial charge in [0.15, 0.2) is 0 Å². The molecule has 0 radical (unpaired) electrons. The summed E-state index contributed by atoms with van der Waals surface area (Å²) in [7, 11) is 0. The number of anilines is 2. The van der Waals surface area contributed by atoms with Crippen LogP contribution in [-0.2, 0) is 26.9 Å². The average molecular weight is 487 g/mol. The van der Waals surface area contributed by atoms with E-state index in [1.165, 1.54) is 17.4 Å². The van der Waals surface area contributed by atoms with E-state index in [1.54, 1.807) is 6.92 Å². The van der Waals surface area contributed by atoms with Gasteiger partial charge in [0, 0.05) is 16.2 Å². The number of amides is 2. The van der Waals surface area contributed by atoms with Gasteiger partial charge in [0.2, 0.25) is 11.8 Å². The maximum Gasteiger partial charge on any atom is 0.416 e. The molecule has 0 unspecified atom stereocenters. The van der Waals surface area contributed by atoms with Crippen LogP contribution in [0.25, 0.3) is 0 Å². The van der Waals surface area contributed by atoms with Gasteiger partial charge in [-0.15, -0.1) is 23.1 Å². The van der Waals surface area contributed by atoms with Crippen molar-refractivity contribution in [3.05, 3.63) is 39.8 Å². The van der Waals surface area contributed by atoms with Gasteiger partial charge in [-0.1, -0.05) is 6.92 Å². The largest absolute Gasteiger partial charge is 0.462 e. The fourth-order valence-electron chi connectivity index (χ4n) is 3.32. The van der Waals surface area contributed by atoms with Crippen LogP contribution in [0.3, 0.4) is 0 Å². The van der Waals surface area contributed by atoms with E-state index in [9.17, 15) is 27.6 Å². The van der Waals surface area contributed by atoms with Crippen LogP contribution in [0.2, 0.25) is 0 Å². The normalized spacial score (nSPS) is 15.7. The number of carbonyl (C=O) groups is 3. The maximum absolute atomic E-state index is 12.9. The molecule has 0 spiro atoms. The Hall–Kier alpha value is -2.53. The summed E-state index contributed by atoms with van der Waals surface area (Å²) >= 11 is 2.28. The smallest absolute Gasteiger partial charge is 0.416 e. The third kappa shape index (κ3) is 5.09. The van der Waals surface area contributed by atoms with Crippen LogP contribution < -0.4 is 10.6 Å². The molecule has 0 fully saturated rings. The minimum absolute atomic E-state index is 0.0672.